The Kier molecular flexibility index (Phi) is 4.69. The molecule has 0 aliphatic heterocycles. The Bertz CT molecular complexity index is 1130. The third-order valence-corrected chi connectivity index (χ3v) is 6.67. The largest absolute Gasteiger partial charge is 0.368 e. The van der Waals surface area contributed by atoms with Gasteiger partial charge in [-0.05, 0) is 48.8 Å². The molecule has 0 amide bonds. The molecule has 0 unspecified atom stereocenters. The second-order valence-electron chi connectivity index (χ2n) is 7.46. The lowest BCUT2D eigenvalue weighted by atomic mass is 10.0. The highest BCUT2D eigenvalue weighted by Gasteiger charge is 2.23. The normalized spacial score (nSPS) is 13.3. The quantitative estimate of drug-likeness (QED) is 0.485. The fourth-order valence-corrected chi connectivity index (χ4v) is 5.46. The van der Waals surface area contributed by atoms with Gasteiger partial charge in [0.05, 0.1) is 10.2 Å². The Labute approximate surface area is 169 Å². The molecule has 0 spiro atoms. The summed E-state index contributed by atoms with van der Waals surface area (Å²) in [7, 11) is 0. The van der Waals surface area contributed by atoms with E-state index in [4.69, 9.17) is 4.98 Å². The van der Waals surface area contributed by atoms with Crippen molar-refractivity contribution in [2.24, 2.45) is 0 Å². The lowest BCUT2D eigenvalue weighted by Crippen LogP contribution is -2.06. The van der Waals surface area contributed by atoms with Gasteiger partial charge in [0, 0.05) is 17.6 Å². The van der Waals surface area contributed by atoms with Crippen LogP contribution in [-0.4, -0.2) is 21.5 Å². The lowest BCUT2D eigenvalue weighted by Gasteiger charge is -2.08. The number of aromatic nitrogens is 3. The van der Waals surface area contributed by atoms with Gasteiger partial charge in [-0.25, -0.2) is 15.0 Å². The van der Waals surface area contributed by atoms with Crippen LogP contribution in [0.3, 0.4) is 0 Å². The summed E-state index contributed by atoms with van der Waals surface area (Å²) >= 11 is 1.74. The zero-order valence-electron chi connectivity index (χ0n) is 16.2. The number of pyridine rings is 1. The molecule has 5 heteroatoms. The zero-order chi connectivity index (χ0) is 18.9. The van der Waals surface area contributed by atoms with Crippen molar-refractivity contribution in [3.63, 3.8) is 0 Å². The molecule has 5 rings (SSSR count). The fourth-order valence-electron chi connectivity index (χ4n) is 4.32. The van der Waals surface area contributed by atoms with Crippen LogP contribution >= 0.6 is 11.3 Å². The highest BCUT2D eigenvalue weighted by Crippen LogP contribution is 2.41. The molecule has 1 aromatic carbocycles. The maximum atomic E-state index is 5.07. The summed E-state index contributed by atoms with van der Waals surface area (Å²) < 4.78 is 1.14. The molecule has 0 fully saturated rings. The molecule has 3 heterocycles. The van der Waals surface area contributed by atoms with Crippen LogP contribution in [0.5, 0.6) is 0 Å². The zero-order valence-corrected chi connectivity index (χ0v) is 17.0. The van der Waals surface area contributed by atoms with Gasteiger partial charge >= 0.3 is 0 Å². The van der Waals surface area contributed by atoms with E-state index in [2.05, 4.69) is 52.5 Å². The van der Waals surface area contributed by atoms with E-state index in [1.54, 1.807) is 17.7 Å². The molecule has 142 valence electrons. The van der Waals surface area contributed by atoms with E-state index in [1.165, 1.54) is 34.2 Å². The van der Waals surface area contributed by atoms with Crippen LogP contribution < -0.4 is 5.32 Å². The average Bonchev–Trinajstić information content (AvgIpc) is 3.34. The van der Waals surface area contributed by atoms with E-state index >= 15 is 0 Å². The third-order valence-electron chi connectivity index (χ3n) is 5.59. The molecule has 0 atom stereocenters. The summed E-state index contributed by atoms with van der Waals surface area (Å²) in [6.45, 7) is 3.09. The summed E-state index contributed by atoms with van der Waals surface area (Å²) in [5.41, 5.74) is 6.70. The van der Waals surface area contributed by atoms with Crippen molar-refractivity contribution in [2.45, 2.75) is 45.4 Å². The maximum Gasteiger partial charge on any atom is 0.147 e. The lowest BCUT2D eigenvalue weighted by molar-refractivity contribution is 0.856. The molecule has 0 bridgehead atoms. The number of nitrogens with one attached hydrogen (secondary N) is 1. The minimum absolute atomic E-state index is 0.858. The van der Waals surface area contributed by atoms with Gasteiger partial charge in [-0.1, -0.05) is 43.7 Å². The topological polar surface area (TPSA) is 50.7 Å². The highest BCUT2D eigenvalue weighted by molar-refractivity contribution is 7.26. The predicted molar refractivity (Wildman–Crippen MR) is 117 cm³/mol. The summed E-state index contributed by atoms with van der Waals surface area (Å²) in [6, 6.07) is 10.6. The summed E-state index contributed by atoms with van der Waals surface area (Å²) in [5, 5.41) is 4.81. The van der Waals surface area contributed by atoms with Crippen molar-refractivity contribution in [3.8, 4) is 0 Å². The van der Waals surface area contributed by atoms with Gasteiger partial charge in [-0.3, -0.25) is 0 Å². The Morgan fingerprint density at radius 2 is 1.89 bits per heavy atom. The molecule has 1 N–H and O–H groups in total. The standard InChI is InChI=1S/C23H24N4S/c1-2-7-18-16-10-6-11-17(16)19-20-21(28-23(19)27-18)22(26-14-25-20)24-13-12-15-8-4-3-5-9-15/h3-5,8-9,14H,2,6-7,10-13H2,1H3,(H,24,25,26). The van der Waals surface area contributed by atoms with Gasteiger partial charge in [0.15, 0.2) is 0 Å². The molecule has 0 radical (unpaired) electrons. The molecule has 4 nitrogen and oxygen atoms in total. The number of hydrogen-bond acceptors (Lipinski definition) is 5. The predicted octanol–water partition coefficient (Wildman–Crippen LogP) is 5.34. The molecule has 0 saturated heterocycles. The number of thiophene rings is 1. The number of rotatable bonds is 6. The Balaban J connectivity index is 1.53. The van der Waals surface area contributed by atoms with Gasteiger partial charge in [0.1, 0.15) is 17.0 Å². The number of anilines is 1. The van der Waals surface area contributed by atoms with E-state index in [-0.39, 0.29) is 0 Å². The van der Waals surface area contributed by atoms with E-state index in [1.807, 2.05) is 0 Å². The van der Waals surface area contributed by atoms with Crippen molar-refractivity contribution < 1.29 is 0 Å². The van der Waals surface area contributed by atoms with Crippen molar-refractivity contribution in [1.29, 1.82) is 0 Å². The van der Waals surface area contributed by atoms with Gasteiger partial charge in [0.2, 0.25) is 0 Å². The SMILES string of the molecule is CCCc1nc2sc3c(NCCc4ccccc4)ncnc3c2c2c1CCC2. The number of hydrogen-bond donors (Lipinski definition) is 1. The van der Waals surface area contributed by atoms with Crippen molar-refractivity contribution >= 4 is 37.6 Å². The average molecular weight is 389 g/mol. The Morgan fingerprint density at radius 1 is 1.04 bits per heavy atom. The smallest absolute Gasteiger partial charge is 0.147 e. The number of aryl methyl sites for hydroxylation is 2. The van der Waals surface area contributed by atoms with E-state index in [0.29, 0.717) is 0 Å². The first-order valence-electron chi connectivity index (χ1n) is 10.2. The number of nitrogens with zero attached hydrogens (tertiary/aromatic N) is 3. The summed E-state index contributed by atoms with van der Waals surface area (Å²) in [5.74, 6) is 0.938. The van der Waals surface area contributed by atoms with Crippen LogP contribution in [0, 0.1) is 0 Å². The fraction of sp³-hybridized carbons (Fsp3) is 0.348. The molecule has 28 heavy (non-hydrogen) atoms. The molecule has 1 aliphatic rings. The summed E-state index contributed by atoms with van der Waals surface area (Å²) in [6.07, 6.45) is 8.43. The highest BCUT2D eigenvalue weighted by atomic mass is 32.1. The summed E-state index contributed by atoms with van der Waals surface area (Å²) in [4.78, 5) is 15.4. The number of fused-ring (bicyclic) bond motifs is 5. The second kappa shape index (κ2) is 7.47. The van der Waals surface area contributed by atoms with Crippen LogP contribution in [0.25, 0.3) is 20.4 Å². The first-order chi connectivity index (χ1) is 13.8. The van der Waals surface area contributed by atoms with E-state index < -0.39 is 0 Å². The molecule has 1 aliphatic carbocycles. The van der Waals surface area contributed by atoms with E-state index in [0.717, 1.165) is 59.5 Å². The second-order valence-corrected chi connectivity index (χ2v) is 8.46. The van der Waals surface area contributed by atoms with Crippen LogP contribution in [0.4, 0.5) is 5.82 Å². The molecular weight excluding hydrogens is 364 g/mol. The third kappa shape index (κ3) is 3.04. The first-order valence-corrected chi connectivity index (χ1v) is 11.0. The van der Waals surface area contributed by atoms with Gasteiger partial charge in [-0.15, -0.1) is 11.3 Å². The van der Waals surface area contributed by atoms with Crippen LogP contribution in [0.2, 0.25) is 0 Å². The Hall–Kier alpha value is -2.53. The minimum Gasteiger partial charge on any atom is -0.368 e. The minimum atomic E-state index is 0.858. The van der Waals surface area contributed by atoms with Gasteiger partial charge < -0.3 is 5.32 Å². The van der Waals surface area contributed by atoms with Crippen molar-refractivity contribution in [2.75, 3.05) is 11.9 Å². The monoisotopic (exact) mass is 388 g/mol. The van der Waals surface area contributed by atoms with Crippen molar-refractivity contribution in [3.05, 3.63) is 59.0 Å². The molecule has 4 aromatic rings. The molecule has 0 saturated carbocycles. The van der Waals surface area contributed by atoms with Crippen molar-refractivity contribution in [1.82, 2.24) is 15.0 Å². The first kappa shape index (κ1) is 17.6. The maximum absolute atomic E-state index is 5.07. The van der Waals surface area contributed by atoms with Gasteiger partial charge in [0.25, 0.3) is 0 Å². The van der Waals surface area contributed by atoms with Crippen LogP contribution in [0.15, 0.2) is 36.7 Å². The Morgan fingerprint density at radius 3 is 2.75 bits per heavy atom. The van der Waals surface area contributed by atoms with Gasteiger partial charge in [-0.2, -0.15) is 0 Å². The molecular formula is C23H24N4S. The van der Waals surface area contributed by atoms with Crippen LogP contribution in [0.1, 0.15) is 42.1 Å². The van der Waals surface area contributed by atoms with Crippen LogP contribution in [-0.2, 0) is 25.7 Å². The molecule has 3 aromatic heterocycles. The van der Waals surface area contributed by atoms with E-state index in [9.17, 15) is 0 Å². The number of benzene rings is 1.